The van der Waals surface area contributed by atoms with E-state index in [9.17, 15) is 18.0 Å². The van der Waals surface area contributed by atoms with Crippen molar-refractivity contribution < 1.29 is 22.1 Å². The molecule has 1 aromatic rings. The van der Waals surface area contributed by atoms with Gasteiger partial charge in [-0.2, -0.15) is 24.9 Å². The third kappa shape index (κ3) is 5.36. The maximum Gasteiger partial charge on any atom is 0.491 e. The topological polar surface area (TPSA) is 26.3 Å². The van der Waals surface area contributed by atoms with Gasteiger partial charge in [0.05, 0.1) is 5.08 Å². The Morgan fingerprint density at radius 1 is 1.32 bits per heavy atom. The predicted molar refractivity (Wildman–Crippen MR) is 74.2 cm³/mol. The number of rotatable bonds is 5. The molecule has 0 spiro atoms. The molecule has 0 saturated heterocycles. The molecule has 0 heterocycles. The van der Waals surface area contributed by atoms with Gasteiger partial charge in [-0.1, -0.05) is 40.6 Å². The summed E-state index contributed by atoms with van der Waals surface area (Å²) in [5, 5.41) is 0.379. The highest BCUT2D eigenvalue weighted by Gasteiger charge is 2.44. The van der Waals surface area contributed by atoms with Crippen molar-refractivity contribution >= 4 is 28.0 Å². The van der Waals surface area contributed by atoms with Crippen LogP contribution in [0, 0.1) is 0 Å². The van der Waals surface area contributed by atoms with Gasteiger partial charge in [-0.3, -0.25) is 0 Å². The van der Waals surface area contributed by atoms with Crippen LogP contribution >= 0.6 is 22.1 Å². The Morgan fingerprint density at radius 2 is 1.89 bits per heavy atom. The molecule has 0 bridgehead atoms. The fraction of sp³-hybridized carbons (Fsp3) is 0.417. The van der Waals surface area contributed by atoms with E-state index in [4.69, 9.17) is 4.18 Å². The molecule has 0 saturated carbocycles. The first kappa shape index (κ1) is 16.2. The third-order valence-electron chi connectivity index (χ3n) is 2.19. The molecule has 1 aromatic carbocycles. The van der Waals surface area contributed by atoms with E-state index in [1.807, 2.05) is 18.2 Å². The summed E-state index contributed by atoms with van der Waals surface area (Å²) < 4.78 is 41.6. The van der Waals surface area contributed by atoms with E-state index in [2.05, 4.69) is 0 Å². The number of carbonyl (C=O) groups excluding carboxylic acids is 1. The van der Waals surface area contributed by atoms with E-state index in [0.717, 1.165) is 5.56 Å². The summed E-state index contributed by atoms with van der Waals surface area (Å²) >= 11 is 1.37. The van der Waals surface area contributed by atoms with Gasteiger partial charge in [0, 0.05) is 5.75 Å². The first-order chi connectivity index (χ1) is 8.77. The molecule has 2 nitrogen and oxygen atoms in total. The lowest BCUT2D eigenvalue weighted by molar-refractivity contribution is -0.188. The van der Waals surface area contributed by atoms with Gasteiger partial charge in [0.15, 0.2) is 0 Å². The molecular weight excluding hydrogens is 297 g/mol. The Labute approximate surface area is 116 Å². The first-order valence-corrected chi connectivity index (χ1v) is 9.04. The molecule has 0 aromatic heterocycles. The monoisotopic (exact) mass is 312 g/mol. The zero-order valence-electron chi connectivity index (χ0n) is 10.6. The van der Waals surface area contributed by atoms with Gasteiger partial charge >= 0.3 is 12.1 Å². The number of benzene rings is 1. The van der Waals surface area contributed by atoms with Crippen molar-refractivity contribution in [3.63, 3.8) is 0 Å². The lowest BCUT2D eigenvalue weighted by Crippen LogP contribution is -2.27. The predicted octanol–water partition coefficient (Wildman–Crippen LogP) is 3.96. The molecule has 0 aliphatic carbocycles. The van der Waals surface area contributed by atoms with Gasteiger partial charge in [-0.25, -0.2) is 4.79 Å². The zero-order valence-corrected chi connectivity index (χ0v) is 12.2. The van der Waals surface area contributed by atoms with Crippen molar-refractivity contribution in [1.29, 1.82) is 0 Å². The van der Waals surface area contributed by atoms with Crippen molar-refractivity contribution in [3.05, 3.63) is 35.9 Å². The highest BCUT2D eigenvalue weighted by molar-refractivity contribution is 8.35. The van der Waals surface area contributed by atoms with Gasteiger partial charge in [0.2, 0.25) is 0 Å². The van der Waals surface area contributed by atoms with E-state index in [-0.39, 0.29) is 0 Å². The van der Waals surface area contributed by atoms with Crippen molar-refractivity contribution in [2.45, 2.75) is 11.9 Å². The minimum atomic E-state index is -4.94. The van der Waals surface area contributed by atoms with Crippen molar-refractivity contribution in [3.8, 4) is 0 Å². The van der Waals surface area contributed by atoms with Gasteiger partial charge in [-0.05, 0) is 18.1 Å². The number of thioether (sulfide) groups is 1. The van der Waals surface area contributed by atoms with E-state index < -0.39 is 22.5 Å². The molecule has 19 heavy (non-hydrogen) atoms. The summed E-state index contributed by atoms with van der Waals surface area (Å²) in [7, 11) is -2.13. The fourth-order valence-corrected chi connectivity index (χ4v) is 5.44. The number of alkyl halides is 3. The van der Waals surface area contributed by atoms with Gasteiger partial charge in [0.25, 0.3) is 0 Å². The molecule has 1 atom stereocenters. The van der Waals surface area contributed by atoms with Crippen molar-refractivity contribution in [2.75, 3.05) is 17.6 Å². The largest absolute Gasteiger partial charge is 0.491 e. The van der Waals surface area contributed by atoms with Crippen LogP contribution in [0.15, 0.2) is 30.3 Å². The Bertz CT molecular complexity index is 423. The second-order valence-electron chi connectivity index (χ2n) is 4.09. The average Bonchev–Trinajstić information content (AvgIpc) is 2.28. The quantitative estimate of drug-likeness (QED) is 0.823. The highest BCUT2D eigenvalue weighted by Crippen LogP contribution is 2.52. The normalized spacial score (nSPS) is 16.5. The van der Waals surface area contributed by atoms with E-state index in [1.165, 1.54) is 11.8 Å². The van der Waals surface area contributed by atoms with E-state index in [0.29, 0.717) is 10.8 Å². The smallest absolute Gasteiger partial charge is 0.408 e. The van der Waals surface area contributed by atoms with Crippen LogP contribution in [0.25, 0.3) is 0 Å². The van der Waals surface area contributed by atoms with E-state index >= 15 is 0 Å². The maximum absolute atomic E-state index is 12.3. The van der Waals surface area contributed by atoms with E-state index in [1.54, 1.807) is 24.6 Å². The Hall–Kier alpha value is -0.820. The summed E-state index contributed by atoms with van der Waals surface area (Å²) in [6.45, 7) is 0. The van der Waals surface area contributed by atoms with Crippen LogP contribution in [0.1, 0.15) is 5.56 Å². The molecule has 108 valence electrons. The highest BCUT2D eigenvalue weighted by atomic mass is 32.3. The summed E-state index contributed by atoms with van der Waals surface area (Å²) in [5.74, 6) is -1.77. The molecule has 0 aliphatic heterocycles. The zero-order chi connectivity index (χ0) is 14.5. The number of hydrogen-bond acceptors (Lipinski definition) is 3. The SMILES string of the molecule is CSCS(C)(Cc1ccccc1)OC(=O)C(F)(F)F. The molecule has 0 N–H and O–H groups in total. The Balaban J connectivity index is 2.82. The number of hydrogen-bond donors (Lipinski definition) is 0. The second kappa shape index (κ2) is 6.56. The molecule has 0 amide bonds. The number of halogens is 3. The molecule has 1 rings (SSSR count). The van der Waals surface area contributed by atoms with Crippen LogP contribution in [0.5, 0.6) is 0 Å². The standard InChI is InChI=1S/C12H15F3O2S2/c1-18-9-19(2,17-11(16)12(13,14)15)8-10-6-4-3-5-7-10/h3-7H,8-9H2,1-2H3. The summed E-state index contributed by atoms with van der Waals surface area (Å²) in [6, 6.07) is 9.06. The van der Waals surface area contributed by atoms with Gasteiger partial charge < -0.3 is 4.18 Å². The van der Waals surface area contributed by atoms with Crippen LogP contribution in [0.4, 0.5) is 13.2 Å². The molecular formula is C12H15F3O2S2. The van der Waals surface area contributed by atoms with Crippen LogP contribution in [-0.2, 0) is 14.7 Å². The third-order valence-corrected chi connectivity index (χ3v) is 6.63. The minimum Gasteiger partial charge on any atom is -0.408 e. The fourth-order valence-electron chi connectivity index (χ4n) is 1.50. The lowest BCUT2D eigenvalue weighted by atomic mass is 10.2. The number of carbonyl (C=O) groups is 1. The maximum atomic E-state index is 12.3. The van der Waals surface area contributed by atoms with Gasteiger partial charge in [-0.15, -0.1) is 0 Å². The van der Waals surface area contributed by atoms with Crippen LogP contribution in [0.2, 0.25) is 0 Å². The average molecular weight is 312 g/mol. The first-order valence-electron chi connectivity index (χ1n) is 5.34. The molecule has 1 unspecified atom stereocenters. The van der Waals surface area contributed by atoms with Crippen molar-refractivity contribution in [1.82, 2.24) is 0 Å². The molecule has 7 heteroatoms. The van der Waals surface area contributed by atoms with Crippen LogP contribution < -0.4 is 0 Å². The van der Waals surface area contributed by atoms with Crippen molar-refractivity contribution in [2.24, 2.45) is 0 Å². The summed E-state index contributed by atoms with van der Waals surface area (Å²) in [5.41, 5.74) is 0.865. The summed E-state index contributed by atoms with van der Waals surface area (Å²) in [4.78, 5) is 11.0. The second-order valence-corrected chi connectivity index (χ2v) is 8.43. The molecule has 0 radical (unpaired) electrons. The molecule has 0 aliphatic rings. The lowest BCUT2D eigenvalue weighted by Gasteiger charge is -2.34. The van der Waals surface area contributed by atoms with Crippen LogP contribution in [-0.4, -0.2) is 29.7 Å². The molecule has 0 fully saturated rings. The summed E-state index contributed by atoms with van der Waals surface area (Å²) in [6.07, 6.45) is -1.57. The Kier molecular flexibility index (Phi) is 5.61. The van der Waals surface area contributed by atoms with Gasteiger partial charge in [0.1, 0.15) is 0 Å². The minimum absolute atomic E-state index is 0.330. The Morgan fingerprint density at radius 3 is 2.37 bits per heavy atom. The van der Waals surface area contributed by atoms with Crippen LogP contribution in [0.3, 0.4) is 0 Å².